The van der Waals surface area contributed by atoms with Crippen molar-refractivity contribution in [1.29, 1.82) is 0 Å². The maximum Gasteiger partial charge on any atom is 0.317 e. The highest BCUT2D eigenvalue weighted by molar-refractivity contribution is 5.80. The van der Waals surface area contributed by atoms with Crippen molar-refractivity contribution >= 4 is 11.9 Å². The lowest BCUT2D eigenvalue weighted by Crippen LogP contribution is -2.51. The minimum absolute atomic E-state index is 0.0385. The van der Waals surface area contributed by atoms with E-state index >= 15 is 0 Å². The van der Waals surface area contributed by atoms with E-state index in [4.69, 9.17) is 4.74 Å². The number of rotatable bonds is 6. The van der Waals surface area contributed by atoms with Crippen LogP contribution in [0.4, 0.5) is 4.79 Å². The zero-order valence-corrected chi connectivity index (χ0v) is 15.6. The number of urea groups is 1. The Morgan fingerprint density at radius 2 is 1.96 bits per heavy atom. The van der Waals surface area contributed by atoms with Crippen LogP contribution in [-0.2, 0) is 16.0 Å². The molecule has 0 aliphatic carbocycles. The molecule has 2 bridgehead atoms. The SMILES string of the molecule is CC(C)CNC(=O)[C@@H]1C[C@H]2CN(C(=O)NCCc3ccccc3)C[C@@H]1O2. The third-order valence-corrected chi connectivity index (χ3v) is 5.00. The summed E-state index contributed by atoms with van der Waals surface area (Å²) < 4.78 is 5.91. The molecule has 0 saturated carbocycles. The Morgan fingerprint density at radius 3 is 2.69 bits per heavy atom. The predicted molar refractivity (Wildman–Crippen MR) is 99.7 cm³/mol. The van der Waals surface area contributed by atoms with Gasteiger partial charge < -0.3 is 20.3 Å². The van der Waals surface area contributed by atoms with Crippen molar-refractivity contribution in [2.45, 2.75) is 38.9 Å². The van der Waals surface area contributed by atoms with Gasteiger partial charge in [0.1, 0.15) is 0 Å². The van der Waals surface area contributed by atoms with Gasteiger partial charge in [0.2, 0.25) is 5.91 Å². The Labute approximate surface area is 155 Å². The molecule has 6 heteroatoms. The Bertz CT molecular complexity index is 620. The van der Waals surface area contributed by atoms with Crippen molar-refractivity contribution in [3.63, 3.8) is 0 Å². The monoisotopic (exact) mass is 359 g/mol. The van der Waals surface area contributed by atoms with E-state index in [1.165, 1.54) is 5.56 Å². The second kappa shape index (κ2) is 8.54. The third-order valence-electron chi connectivity index (χ3n) is 5.00. The van der Waals surface area contributed by atoms with Gasteiger partial charge in [0.25, 0.3) is 0 Å². The fourth-order valence-electron chi connectivity index (χ4n) is 3.61. The summed E-state index contributed by atoms with van der Waals surface area (Å²) in [6.45, 7) is 6.47. The number of nitrogens with one attached hydrogen (secondary N) is 2. The van der Waals surface area contributed by atoms with Gasteiger partial charge >= 0.3 is 6.03 Å². The normalized spacial score (nSPS) is 24.6. The smallest absolute Gasteiger partial charge is 0.317 e. The van der Waals surface area contributed by atoms with Crippen molar-refractivity contribution in [2.75, 3.05) is 26.2 Å². The summed E-state index contributed by atoms with van der Waals surface area (Å²) in [7, 11) is 0. The molecule has 26 heavy (non-hydrogen) atoms. The molecule has 3 atom stereocenters. The number of morpholine rings is 1. The van der Waals surface area contributed by atoms with Gasteiger partial charge in [0, 0.05) is 26.2 Å². The van der Waals surface area contributed by atoms with Crippen molar-refractivity contribution in [2.24, 2.45) is 11.8 Å². The second-order valence-electron chi connectivity index (χ2n) is 7.65. The number of likely N-dealkylation sites (tertiary alicyclic amines) is 1. The first-order valence-electron chi connectivity index (χ1n) is 9.53. The topological polar surface area (TPSA) is 70.7 Å². The molecule has 0 unspecified atom stereocenters. The summed E-state index contributed by atoms with van der Waals surface area (Å²) in [5.74, 6) is 0.325. The van der Waals surface area contributed by atoms with E-state index in [0.717, 1.165) is 6.42 Å². The number of carbonyl (C=O) groups excluding carboxylic acids is 2. The minimum atomic E-state index is -0.194. The van der Waals surface area contributed by atoms with Crippen LogP contribution in [-0.4, -0.2) is 55.2 Å². The van der Waals surface area contributed by atoms with Gasteiger partial charge in [-0.25, -0.2) is 4.79 Å². The van der Waals surface area contributed by atoms with Crippen LogP contribution in [0.15, 0.2) is 30.3 Å². The van der Waals surface area contributed by atoms with Crippen LogP contribution in [0, 0.1) is 11.8 Å². The lowest BCUT2D eigenvalue weighted by Gasteiger charge is -2.32. The molecule has 142 valence electrons. The number of benzene rings is 1. The maximum atomic E-state index is 12.5. The number of nitrogens with zero attached hydrogens (tertiary/aromatic N) is 1. The molecule has 0 aromatic heterocycles. The minimum Gasteiger partial charge on any atom is -0.370 e. The standard InChI is InChI=1S/C20H29N3O3/c1-14(2)11-22-19(24)17-10-16-12-23(13-18(17)26-16)20(25)21-9-8-15-6-4-3-5-7-15/h3-7,14,16-18H,8-13H2,1-2H3,(H,21,25)(H,22,24)/t16-,17+,18-/m0/s1. The second-order valence-corrected chi connectivity index (χ2v) is 7.65. The van der Waals surface area contributed by atoms with Gasteiger partial charge in [0.15, 0.2) is 0 Å². The first-order chi connectivity index (χ1) is 12.5. The zero-order valence-electron chi connectivity index (χ0n) is 15.6. The van der Waals surface area contributed by atoms with E-state index in [-0.39, 0.29) is 30.1 Å². The number of hydrogen-bond donors (Lipinski definition) is 2. The van der Waals surface area contributed by atoms with Gasteiger partial charge in [-0.3, -0.25) is 4.79 Å². The molecule has 2 heterocycles. The quantitative estimate of drug-likeness (QED) is 0.814. The molecule has 3 rings (SSSR count). The average molecular weight is 359 g/mol. The van der Waals surface area contributed by atoms with Gasteiger partial charge in [-0.2, -0.15) is 0 Å². The van der Waals surface area contributed by atoms with E-state index in [1.54, 1.807) is 4.90 Å². The van der Waals surface area contributed by atoms with Crippen LogP contribution in [0.2, 0.25) is 0 Å². The lowest BCUT2D eigenvalue weighted by molar-refractivity contribution is -0.127. The number of ether oxygens (including phenoxy) is 1. The molecule has 0 spiro atoms. The largest absolute Gasteiger partial charge is 0.370 e. The van der Waals surface area contributed by atoms with E-state index in [1.807, 2.05) is 18.2 Å². The molecule has 3 amide bonds. The number of fused-ring (bicyclic) bond motifs is 2. The van der Waals surface area contributed by atoms with E-state index in [9.17, 15) is 9.59 Å². The fourth-order valence-corrected chi connectivity index (χ4v) is 3.61. The molecule has 1 aromatic carbocycles. The van der Waals surface area contributed by atoms with Crippen molar-refractivity contribution in [3.05, 3.63) is 35.9 Å². The summed E-state index contributed by atoms with van der Waals surface area (Å²) in [6, 6.07) is 10.0. The van der Waals surface area contributed by atoms with Crippen LogP contribution in [0.3, 0.4) is 0 Å². The highest BCUT2D eigenvalue weighted by Crippen LogP contribution is 2.32. The van der Waals surface area contributed by atoms with Crippen LogP contribution < -0.4 is 10.6 Å². The Balaban J connectivity index is 1.46. The number of amides is 3. The molecular weight excluding hydrogens is 330 g/mol. The molecule has 2 N–H and O–H groups in total. The van der Waals surface area contributed by atoms with Crippen LogP contribution in [0.5, 0.6) is 0 Å². The van der Waals surface area contributed by atoms with E-state index in [0.29, 0.717) is 38.5 Å². The summed E-state index contributed by atoms with van der Waals surface area (Å²) in [4.78, 5) is 26.6. The molecule has 2 fully saturated rings. The highest BCUT2D eigenvalue weighted by Gasteiger charge is 2.45. The van der Waals surface area contributed by atoms with Gasteiger partial charge in [-0.15, -0.1) is 0 Å². The highest BCUT2D eigenvalue weighted by atomic mass is 16.5. The summed E-state index contributed by atoms with van der Waals surface area (Å²) >= 11 is 0. The Hall–Kier alpha value is -2.08. The van der Waals surface area contributed by atoms with Crippen LogP contribution in [0.25, 0.3) is 0 Å². The molecule has 1 aromatic rings. The maximum absolute atomic E-state index is 12.5. The van der Waals surface area contributed by atoms with E-state index in [2.05, 4.69) is 36.6 Å². The first kappa shape index (κ1) is 18.7. The van der Waals surface area contributed by atoms with Crippen molar-refractivity contribution < 1.29 is 14.3 Å². The number of hydrogen-bond acceptors (Lipinski definition) is 3. The van der Waals surface area contributed by atoms with E-state index < -0.39 is 0 Å². The van der Waals surface area contributed by atoms with Crippen molar-refractivity contribution in [1.82, 2.24) is 15.5 Å². The zero-order chi connectivity index (χ0) is 18.5. The average Bonchev–Trinajstić information content (AvgIpc) is 2.94. The molecular formula is C20H29N3O3. The molecule has 2 aliphatic heterocycles. The predicted octanol–water partition coefficient (Wildman–Crippen LogP) is 1.80. The van der Waals surface area contributed by atoms with Crippen LogP contribution >= 0.6 is 0 Å². The summed E-state index contributed by atoms with van der Waals surface area (Å²) in [5, 5.41) is 5.98. The Kier molecular flexibility index (Phi) is 6.14. The van der Waals surface area contributed by atoms with Gasteiger partial charge in [0.05, 0.1) is 18.1 Å². The molecule has 2 saturated heterocycles. The number of carbonyl (C=O) groups is 2. The molecule has 6 nitrogen and oxygen atoms in total. The summed E-state index contributed by atoms with van der Waals surface area (Å²) in [5.41, 5.74) is 1.21. The lowest BCUT2D eigenvalue weighted by atomic mass is 9.99. The van der Waals surface area contributed by atoms with Gasteiger partial charge in [-0.1, -0.05) is 44.2 Å². The third kappa shape index (κ3) is 4.75. The molecule has 2 aliphatic rings. The Morgan fingerprint density at radius 1 is 1.19 bits per heavy atom. The van der Waals surface area contributed by atoms with Gasteiger partial charge in [-0.05, 0) is 24.3 Å². The van der Waals surface area contributed by atoms with Crippen molar-refractivity contribution in [3.8, 4) is 0 Å². The fraction of sp³-hybridized carbons (Fsp3) is 0.600. The molecule has 0 radical (unpaired) electrons. The summed E-state index contributed by atoms with van der Waals surface area (Å²) in [6.07, 6.45) is 1.27. The first-order valence-corrected chi connectivity index (χ1v) is 9.53. The van der Waals surface area contributed by atoms with Crippen LogP contribution in [0.1, 0.15) is 25.8 Å².